The van der Waals surface area contributed by atoms with Gasteiger partial charge in [-0.2, -0.15) is 0 Å². The van der Waals surface area contributed by atoms with Crippen molar-refractivity contribution in [3.05, 3.63) is 188 Å². The Bertz CT molecular complexity index is 5010. The molecule has 0 radical (unpaired) electrons. The molecule has 0 spiro atoms. The molecule has 0 bridgehead atoms. The van der Waals surface area contributed by atoms with Gasteiger partial charge in [-0.3, -0.25) is 19.2 Å². The first-order valence-electron chi connectivity index (χ1n) is 47.4. The fourth-order valence-corrected chi connectivity index (χ4v) is 17.7. The maximum absolute atomic E-state index is 12.8. The van der Waals surface area contributed by atoms with Gasteiger partial charge in [-0.25, -0.2) is 19.2 Å². The number of ether oxygens (including phenoxy) is 4. The molecule has 4 amide bonds. The van der Waals surface area contributed by atoms with E-state index in [-0.39, 0.29) is 216 Å². The summed E-state index contributed by atoms with van der Waals surface area (Å²) in [5.74, 6) is -5.45. The number of piperidine rings is 4. The van der Waals surface area contributed by atoms with Crippen molar-refractivity contribution in [3.8, 4) is 46.0 Å². The number of phenols is 8. The number of oxime groups is 4. The van der Waals surface area contributed by atoms with Gasteiger partial charge < -0.3 is 98.7 Å². The number of hydrogen-bond donors (Lipinski definition) is 8. The van der Waals surface area contributed by atoms with E-state index in [1.54, 1.807) is 29.2 Å². The Kier molecular flexibility index (Phi) is 44.3. The Morgan fingerprint density at radius 1 is 0.328 bits per heavy atom. The molecule has 137 heavy (non-hydrogen) atoms. The monoisotopic (exact) mass is 1930 g/mol. The topological polar surface area (TPSA) is 435 Å². The van der Waals surface area contributed by atoms with E-state index in [1.165, 1.54) is 12.1 Å². The molecule has 8 heterocycles. The van der Waals surface area contributed by atoms with Crippen molar-refractivity contribution < 1.29 is 118 Å². The Morgan fingerprint density at radius 2 is 0.584 bits per heavy atom. The van der Waals surface area contributed by atoms with Crippen molar-refractivity contribution in [2.45, 2.75) is 258 Å². The number of nitrogens with zero attached hydrogens (tertiary/aromatic N) is 8. The number of carbonyl (C=O) groups is 8. The summed E-state index contributed by atoms with van der Waals surface area (Å²) in [7, 11) is 0. The number of likely N-dealkylation sites (tertiary alicyclic amines) is 4. The van der Waals surface area contributed by atoms with Gasteiger partial charge in [0.15, 0.2) is 26.4 Å². The number of esters is 4. The van der Waals surface area contributed by atoms with Gasteiger partial charge in [0, 0.05) is 99.3 Å². The number of aromatic hydroxyl groups is 8. The van der Waals surface area contributed by atoms with E-state index in [0.29, 0.717) is 78.7 Å². The fraction of sp³-hybridized carbons (Fsp3) is 0.495. The van der Waals surface area contributed by atoms with Crippen LogP contribution >= 0.6 is 23.2 Å². The number of amides is 4. The van der Waals surface area contributed by atoms with Crippen LogP contribution in [0.5, 0.6) is 46.0 Å². The maximum Gasteiger partial charge on any atom is 0.342 e. The Hall–Kier alpha value is -12.6. The van der Waals surface area contributed by atoms with Crippen LogP contribution in [0, 0.1) is 5.92 Å². The number of carbonyl (C=O) groups excluding carboxylic acids is 8. The molecule has 742 valence electrons. The van der Waals surface area contributed by atoms with E-state index in [0.717, 1.165) is 146 Å². The number of phenolic OH excluding ortho intramolecular Hbond substituents is 8. The molecule has 0 aromatic heterocycles. The van der Waals surface area contributed by atoms with E-state index in [2.05, 4.69) is 27.5 Å². The van der Waals surface area contributed by atoms with Crippen LogP contribution in [0.1, 0.15) is 260 Å². The lowest BCUT2D eigenvalue weighted by atomic mass is 9.97. The summed E-state index contributed by atoms with van der Waals surface area (Å²) in [4.78, 5) is 130. The van der Waals surface area contributed by atoms with Gasteiger partial charge in [0.05, 0.1) is 59.3 Å². The van der Waals surface area contributed by atoms with Gasteiger partial charge in [-0.15, -0.1) is 0 Å². The van der Waals surface area contributed by atoms with E-state index in [1.807, 2.05) is 129 Å². The number of benzene rings is 4. The minimum atomic E-state index is -0.752. The summed E-state index contributed by atoms with van der Waals surface area (Å²) in [5, 5.41) is 98.1. The smallest absolute Gasteiger partial charge is 0.342 e. The number of allylic oxidation sites excluding steroid dienone is 12. The third kappa shape index (κ3) is 34.0. The van der Waals surface area contributed by atoms with Crippen LogP contribution in [-0.4, -0.2) is 233 Å². The molecule has 12 rings (SSSR count). The molecule has 4 aromatic rings. The number of fused-ring (bicyclic) bond motifs is 4. The standard InChI is InChI=1S/C26H33ClN2O6.2C26H34N2O6.C25H31ClN2O6/c1-17-10-9-11-18(2)29(17)23(32)16-35-28-19-12-7-5-3-4-6-8-13-34-26(33)24-20(14-19)25(27)22(31)15-21(24)30;2*1-18-10-9-11-19(2)28(18)24(31)17-34-27-21-12-7-5-3-4-6-8-13-33-26(32)25-20(14-21)15-22(29)16-23(25)30;1-17-9-11-28(12-10-17)22(31)16-34-27-18-8-6-4-2-3-5-7-13-33-25(32)23-19(14-18)24(26)21(30)15-20(23)29/h4,6-7,12,15,17-18,30-31H,3,5,8-11,13-14,16H2,1-2H3;2*4,6-7,12,15-16,18-19,29-30H,3,5,8-11,13-14,17H2,1-2H3;3,5-6,8,15,17,29-30H,2,4,7,9-14,16H2,1H3/b6-4+,12-7+,28-19+;6-4+,12-7+,27-21+;6-4+,12-7+,27-21-;5-3+,8-6+,27-18-. The highest BCUT2D eigenvalue weighted by atomic mass is 35.5. The van der Waals surface area contributed by atoms with Gasteiger partial charge in [0.2, 0.25) is 0 Å². The minimum Gasteiger partial charge on any atom is -0.508 e. The second-order valence-corrected chi connectivity index (χ2v) is 35.9. The summed E-state index contributed by atoms with van der Waals surface area (Å²) in [6, 6.07) is 7.97. The van der Waals surface area contributed by atoms with Gasteiger partial charge in [0.1, 0.15) is 68.2 Å². The first kappa shape index (κ1) is 108. The van der Waals surface area contributed by atoms with Gasteiger partial charge in [-0.05, 0) is 254 Å². The van der Waals surface area contributed by atoms with E-state index >= 15 is 0 Å². The van der Waals surface area contributed by atoms with Crippen LogP contribution in [0.25, 0.3) is 0 Å². The van der Waals surface area contributed by atoms with Gasteiger partial charge >= 0.3 is 23.9 Å². The molecule has 8 aliphatic rings. The molecule has 4 aromatic carbocycles. The van der Waals surface area contributed by atoms with Crippen molar-refractivity contribution in [2.24, 2.45) is 26.5 Å². The highest BCUT2D eigenvalue weighted by molar-refractivity contribution is 6.34. The minimum absolute atomic E-state index is 0.0208. The maximum atomic E-state index is 12.8. The summed E-state index contributed by atoms with van der Waals surface area (Å²) >= 11 is 12.6. The highest BCUT2D eigenvalue weighted by Gasteiger charge is 2.35. The largest absolute Gasteiger partial charge is 0.508 e. The second kappa shape index (κ2) is 56.2. The summed E-state index contributed by atoms with van der Waals surface area (Å²) in [6.45, 7) is 15.7. The number of hydrogen-bond acceptors (Lipinski definition) is 28. The zero-order chi connectivity index (χ0) is 98.9. The molecule has 6 atom stereocenters. The molecular formula is C103H132Cl2N8O24. The van der Waals surface area contributed by atoms with Crippen molar-refractivity contribution in [1.82, 2.24) is 19.6 Å². The van der Waals surface area contributed by atoms with E-state index in [9.17, 15) is 79.2 Å². The predicted octanol–water partition coefficient (Wildman–Crippen LogP) is 17.8. The van der Waals surface area contributed by atoms with Crippen molar-refractivity contribution in [3.63, 3.8) is 0 Å². The fourth-order valence-electron chi connectivity index (χ4n) is 17.2. The molecule has 8 N–H and O–H groups in total. The lowest BCUT2D eigenvalue weighted by molar-refractivity contribution is -0.143. The normalized spacial score (nSPS) is 24.0. The second-order valence-electron chi connectivity index (χ2n) is 35.2. The number of halogens is 2. The van der Waals surface area contributed by atoms with E-state index < -0.39 is 35.4 Å². The predicted molar refractivity (Wildman–Crippen MR) is 521 cm³/mol. The SMILES string of the molecule is CC1CCCC(C)N1C(=O)CO/N=C1/C=C/CC/C=C/CCOC(=O)c2c(O)cc(O)cc2C1.CC1CCCC(C)N1C(=O)CO/N=C1\C=C\CC/C=C/CCOC(=O)c2c(O)cc(O)c(Cl)c2C1.CC1CCCC(C)N1C(=O)CO/N=C1\C=C\CC/C=C/CCOC(=O)c2c(O)cc(O)cc2C1.CC1CCN(C(=O)CO/N=C2/C=C/CC/C=C/CCOC(=O)c3c(O)cc(O)c(Cl)c3C2)CC1. The summed E-state index contributed by atoms with van der Waals surface area (Å²) < 4.78 is 21.2. The Labute approximate surface area is 810 Å². The first-order valence-corrected chi connectivity index (χ1v) is 48.1. The van der Waals surface area contributed by atoms with Gasteiger partial charge in [-0.1, -0.05) is 124 Å². The molecule has 4 saturated heterocycles. The Morgan fingerprint density at radius 3 is 0.883 bits per heavy atom. The van der Waals surface area contributed by atoms with E-state index in [4.69, 9.17) is 61.5 Å². The summed E-state index contributed by atoms with van der Waals surface area (Å²) in [6.07, 6.45) is 50.1. The lowest BCUT2D eigenvalue weighted by Gasteiger charge is -2.38. The average Bonchev–Trinajstić information content (AvgIpc) is 0.796. The zero-order valence-corrected chi connectivity index (χ0v) is 80.9. The zero-order valence-electron chi connectivity index (χ0n) is 79.3. The van der Waals surface area contributed by atoms with Crippen LogP contribution in [0.4, 0.5) is 0 Å². The van der Waals surface area contributed by atoms with Crippen LogP contribution < -0.4 is 0 Å². The first-order chi connectivity index (χ1) is 65.9. The lowest BCUT2D eigenvalue weighted by Crippen LogP contribution is -2.48. The number of cyclic esters (lactones) is 4. The van der Waals surface area contributed by atoms with Crippen LogP contribution in [0.3, 0.4) is 0 Å². The molecule has 4 fully saturated rings. The molecule has 6 unspecified atom stereocenters. The van der Waals surface area contributed by atoms with Crippen LogP contribution in [0.2, 0.25) is 10.0 Å². The molecule has 0 aliphatic carbocycles. The van der Waals surface area contributed by atoms with Crippen molar-refractivity contribution in [1.29, 1.82) is 0 Å². The highest BCUT2D eigenvalue weighted by Crippen LogP contribution is 2.41. The average molecular weight is 1940 g/mol. The molecule has 34 heteroatoms. The van der Waals surface area contributed by atoms with Crippen LogP contribution in [-0.2, 0) is 83.2 Å². The molecule has 8 aliphatic heterocycles. The summed E-state index contributed by atoms with van der Waals surface area (Å²) in [5.41, 5.74) is 2.38. The molecular weight excluding hydrogens is 1800 g/mol. The third-order valence-electron chi connectivity index (χ3n) is 24.3. The number of rotatable bonds is 12. The quantitative estimate of drug-likeness (QED) is 0.0283. The molecule has 32 nitrogen and oxygen atoms in total. The van der Waals surface area contributed by atoms with Gasteiger partial charge in [0.25, 0.3) is 23.6 Å². The molecule has 0 saturated carbocycles. The van der Waals surface area contributed by atoms with Crippen molar-refractivity contribution in [2.75, 3.05) is 65.9 Å². The Balaban J connectivity index is 0.000000205. The van der Waals surface area contributed by atoms with Crippen LogP contribution in [0.15, 0.2) is 154 Å². The third-order valence-corrected chi connectivity index (χ3v) is 25.2. The van der Waals surface area contributed by atoms with Crippen molar-refractivity contribution >= 4 is 93.6 Å².